The molecular formula is C13H19NO3. The summed E-state index contributed by atoms with van der Waals surface area (Å²) in [5, 5.41) is 0. The smallest absolute Gasteiger partial charge is 0.411 e. The Bertz CT molecular complexity index is 351. The molecule has 0 saturated carbocycles. The van der Waals surface area contributed by atoms with Gasteiger partial charge in [0, 0.05) is 13.0 Å². The summed E-state index contributed by atoms with van der Waals surface area (Å²) >= 11 is 0. The van der Waals surface area contributed by atoms with Gasteiger partial charge in [-0.05, 0) is 33.6 Å². The second-order valence-electron chi connectivity index (χ2n) is 5.34. The normalized spacial score (nSPS) is 24.2. The zero-order chi connectivity index (χ0) is 13.1. The van der Waals surface area contributed by atoms with Crippen LogP contribution in [0.3, 0.4) is 0 Å². The Hall–Kier alpha value is -1.50. The molecular weight excluding hydrogens is 218 g/mol. The van der Waals surface area contributed by atoms with Gasteiger partial charge in [-0.1, -0.05) is 0 Å². The number of amides is 1. The summed E-state index contributed by atoms with van der Waals surface area (Å²) < 4.78 is 5.28. The summed E-state index contributed by atoms with van der Waals surface area (Å²) in [6, 6.07) is 0. The lowest BCUT2D eigenvalue weighted by molar-refractivity contribution is -0.116. The molecule has 4 nitrogen and oxygen atoms in total. The van der Waals surface area contributed by atoms with E-state index >= 15 is 0 Å². The molecule has 0 aromatic heterocycles. The van der Waals surface area contributed by atoms with Crippen molar-refractivity contribution in [3.63, 3.8) is 0 Å². The third-order valence-corrected chi connectivity index (χ3v) is 2.77. The molecule has 0 spiro atoms. The number of likely N-dealkylation sites (tertiary alicyclic amines) is 1. The minimum atomic E-state index is -0.864. The average molecular weight is 237 g/mol. The van der Waals surface area contributed by atoms with E-state index < -0.39 is 17.2 Å². The lowest BCUT2D eigenvalue weighted by Gasteiger charge is -2.33. The van der Waals surface area contributed by atoms with Crippen LogP contribution in [0.5, 0.6) is 0 Å². The number of ether oxygens (including phenoxy) is 1. The lowest BCUT2D eigenvalue weighted by Crippen LogP contribution is -2.50. The summed E-state index contributed by atoms with van der Waals surface area (Å²) in [7, 11) is 0. The van der Waals surface area contributed by atoms with Gasteiger partial charge in [-0.25, -0.2) is 4.79 Å². The van der Waals surface area contributed by atoms with Crippen LogP contribution < -0.4 is 0 Å². The van der Waals surface area contributed by atoms with E-state index in [2.05, 4.69) is 5.92 Å². The molecule has 0 aliphatic carbocycles. The molecule has 1 atom stereocenters. The van der Waals surface area contributed by atoms with Crippen molar-refractivity contribution in [1.82, 2.24) is 4.90 Å². The minimum Gasteiger partial charge on any atom is -0.444 e. The van der Waals surface area contributed by atoms with Crippen molar-refractivity contribution in [2.45, 2.75) is 51.2 Å². The summed E-state index contributed by atoms with van der Waals surface area (Å²) in [6.45, 7) is 5.91. The Morgan fingerprint density at radius 3 is 2.71 bits per heavy atom. The molecule has 1 saturated heterocycles. The molecule has 1 aliphatic rings. The molecule has 1 heterocycles. The van der Waals surface area contributed by atoms with Crippen molar-refractivity contribution in [1.29, 1.82) is 0 Å². The largest absolute Gasteiger partial charge is 0.444 e. The molecule has 1 amide bonds. The van der Waals surface area contributed by atoms with E-state index in [1.54, 1.807) is 20.8 Å². The monoisotopic (exact) mass is 237 g/mol. The molecule has 94 valence electrons. The first kappa shape index (κ1) is 13.6. The predicted octanol–water partition coefficient (Wildman–Crippen LogP) is 1.98. The highest BCUT2D eigenvalue weighted by Crippen LogP contribution is 2.31. The van der Waals surface area contributed by atoms with Crippen molar-refractivity contribution in [3.05, 3.63) is 0 Å². The van der Waals surface area contributed by atoms with E-state index in [1.165, 1.54) is 4.90 Å². The van der Waals surface area contributed by atoms with Crippen LogP contribution in [0, 0.1) is 12.3 Å². The van der Waals surface area contributed by atoms with E-state index in [-0.39, 0.29) is 6.42 Å². The van der Waals surface area contributed by atoms with Gasteiger partial charge in [0.25, 0.3) is 0 Å². The Kier molecular flexibility index (Phi) is 3.82. The van der Waals surface area contributed by atoms with Gasteiger partial charge in [0.05, 0.1) is 0 Å². The zero-order valence-corrected chi connectivity index (χ0v) is 10.7. The third kappa shape index (κ3) is 3.00. The van der Waals surface area contributed by atoms with Crippen LogP contribution in [0.15, 0.2) is 0 Å². The molecule has 0 aromatic rings. The molecule has 1 rings (SSSR count). The van der Waals surface area contributed by atoms with Crippen LogP contribution in [0.1, 0.15) is 40.0 Å². The number of hydrogen-bond donors (Lipinski definition) is 0. The number of aldehydes is 1. The van der Waals surface area contributed by atoms with Crippen molar-refractivity contribution >= 4 is 12.4 Å². The number of nitrogens with zero attached hydrogens (tertiary/aromatic N) is 1. The molecule has 17 heavy (non-hydrogen) atoms. The molecule has 1 fully saturated rings. The van der Waals surface area contributed by atoms with E-state index in [0.29, 0.717) is 13.0 Å². The first-order chi connectivity index (χ1) is 7.84. The zero-order valence-electron chi connectivity index (χ0n) is 10.7. The Morgan fingerprint density at radius 2 is 2.24 bits per heavy atom. The number of terminal acetylenes is 1. The van der Waals surface area contributed by atoms with Gasteiger partial charge in [0.2, 0.25) is 0 Å². The number of carbonyl (C=O) groups excluding carboxylic acids is 2. The van der Waals surface area contributed by atoms with Gasteiger partial charge in [-0.2, -0.15) is 0 Å². The predicted molar refractivity (Wildman–Crippen MR) is 64.4 cm³/mol. The average Bonchev–Trinajstić information content (AvgIpc) is 2.60. The second kappa shape index (κ2) is 4.79. The topological polar surface area (TPSA) is 46.6 Å². The summed E-state index contributed by atoms with van der Waals surface area (Å²) in [5.41, 5.74) is -1.43. The Labute approximate surface area is 102 Å². The molecule has 0 bridgehead atoms. The third-order valence-electron chi connectivity index (χ3n) is 2.77. The number of hydrogen-bond acceptors (Lipinski definition) is 3. The molecule has 1 aliphatic heterocycles. The fraction of sp³-hybridized carbons (Fsp3) is 0.692. The van der Waals surface area contributed by atoms with Crippen molar-refractivity contribution in [3.8, 4) is 12.3 Å². The fourth-order valence-electron chi connectivity index (χ4n) is 2.02. The molecule has 0 aromatic carbocycles. The highest BCUT2D eigenvalue weighted by molar-refractivity contribution is 5.78. The van der Waals surface area contributed by atoms with Gasteiger partial charge in [0.15, 0.2) is 0 Å². The maximum absolute atomic E-state index is 12.0. The standard InChI is InChI=1S/C13H19NO3/c1-5-7-13(10-15)8-6-9-14(13)11(16)17-12(2,3)4/h1,10H,6-9H2,2-4H3. The van der Waals surface area contributed by atoms with Gasteiger partial charge in [-0.15, -0.1) is 12.3 Å². The SMILES string of the molecule is C#CCC1(C=O)CCCN1C(=O)OC(C)(C)C. The lowest BCUT2D eigenvalue weighted by atomic mass is 9.94. The highest BCUT2D eigenvalue weighted by atomic mass is 16.6. The van der Waals surface area contributed by atoms with E-state index in [0.717, 1.165) is 12.7 Å². The van der Waals surface area contributed by atoms with Crippen molar-refractivity contribution in [2.75, 3.05) is 6.54 Å². The van der Waals surface area contributed by atoms with Gasteiger partial charge in [-0.3, -0.25) is 4.90 Å². The summed E-state index contributed by atoms with van der Waals surface area (Å²) in [4.78, 5) is 24.7. The first-order valence-electron chi connectivity index (χ1n) is 5.75. The van der Waals surface area contributed by atoms with Crippen LogP contribution in [-0.4, -0.2) is 35.0 Å². The second-order valence-corrected chi connectivity index (χ2v) is 5.34. The van der Waals surface area contributed by atoms with Crippen LogP contribution in [0.4, 0.5) is 4.79 Å². The van der Waals surface area contributed by atoms with E-state index in [1.807, 2.05) is 0 Å². The van der Waals surface area contributed by atoms with Crippen molar-refractivity contribution in [2.24, 2.45) is 0 Å². The number of carbonyl (C=O) groups is 2. The maximum Gasteiger partial charge on any atom is 0.411 e. The van der Waals surface area contributed by atoms with Crippen LogP contribution in [0.25, 0.3) is 0 Å². The van der Waals surface area contributed by atoms with E-state index in [4.69, 9.17) is 11.2 Å². The van der Waals surface area contributed by atoms with Crippen LogP contribution in [0.2, 0.25) is 0 Å². The highest BCUT2D eigenvalue weighted by Gasteiger charge is 2.44. The molecule has 1 unspecified atom stereocenters. The summed E-state index contributed by atoms with van der Waals surface area (Å²) in [5.74, 6) is 2.47. The van der Waals surface area contributed by atoms with Gasteiger partial charge >= 0.3 is 6.09 Å². The minimum absolute atomic E-state index is 0.246. The quantitative estimate of drug-likeness (QED) is 0.545. The first-order valence-corrected chi connectivity index (χ1v) is 5.75. The molecule has 4 heteroatoms. The van der Waals surface area contributed by atoms with Gasteiger partial charge in [0.1, 0.15) is 17.4 Å². The maximum atomic E-state index is 12.0. The summed E-state index contributed by atoms with van der Waals surface area (Å²) in [6.07, 6.45) is 7.23. The van der Waals surface area contributed by atoms with Crippen LogP contribution >= 0.6 is 0 Å². The molecule has 0 radical (unpaired) electrons. The fourth-order valence-corrected chi connectivity index (χ4v) is 2.02. The van der Waals surface area contributed by atoms with Crippen LogP contribution in [-0.2, 0) is 9.53 Å². The van der Waals surface area contributed by atoms with Crippen molar-refractivity contribution < 1.29 is 14.3 Å². The number of rotatable bonds is 2. The van der Waals surface area contributed by atoms with E-state index in [9.17, 15) is 9.59 Å². The molecule has 0 N–H and O–H groups in total. The Morgan fingerprint density at radius 1 is 1.59 bits per heavy atom. The Balaban J connectivity index is 2.85. The van der Waals surface area contributed by atoms with Gasteiger partial charge < -0.3 is 9.53 Å².